The van der Waals surface area contributed by atoms with Crippen molar-refractivity contribution < 1.29 is 9.47 Å². The predicted molar refractivity (Wildman–Crippen MR) is 59.5 cm³/mol. The molecule has 1 fully saturated rings. The van der Waals surface area contributed by atoms with Crippen LogP contribution in [0, 0.1) is 0 Å². The Balaban J connectivity index is 2.28. The molecule has 2 heteroatoms. The van der Waals surface area contributed by atoms with Gasteiger partial charge >= 0.3 is 0 Å². The van der Waals surface area contributed by atoms with Gasteiger partial charge in [0.05, 0.1) is 12.7 Å². The van der Waals surface area contributed by atoms with Gasteiger partial charge in [0.1, 0.15) is 0 Å². The molecule has 0 bridgehead atoms. The number of hydrogen-bond acceptors (Lipinski definition) is 2. The lowest BCUT2D eigenvalue weighted by Crippen LogP contribution is -2.40. The van der Waals surface area contributed by atoms with Crippen LogP contribution in [0.1, 0.15) is 32.3 Å². The summed E-state index contributed by atoms with van der Waals surface area (Å²) < 4.78 is 11.8. The highest BCUT2D eigenvalue weighted by Crippen LogP contribution is 2.35. The highest BCUT2D eigenvalue weighted by atomic mass is 16.7. The van der Waals surface area contributed by atoms with Crippen LogP contribution in [0.15, 0.2) is 30.3 Å². The van der Waals surface area contributed by atoms with Crippen molar-refractivity contribution in [3.05, 3.63) is 35.9 Å². The normalized spacial score (nSPS) is 31.5. The zero-order valence-corrected chi connectivity index (χ0v) is 9.40. The van der Waals surface area contributed by atoms with E-state index in [1.54, 1.807) is 0 Å². The minimum absolute atomic E-state index is 0.277. The third kappa shape index (κ3) is 2.06. The van der Waals surface area contributed by atoms with Crippen LogP contribution in [0.2, 0.25) is 0 Å². The summed E-state index contributed by atoms with van der Waals surface area (Å²) in [5, 5.41) is 0. The Kier molecular flexibility index (Phi) is 3.08. The van der Waals surface area contributed by atoms with Gasteiger partial charge in [0.15, 0.2) is 5.79 Å². The fourth-order valence-electron chi connectivity index (χ4n) is 2.04. The fourth-order valence-corrected chi connectivity index (χ4v) is 2.04. The summed E-state index contributed by atoms with van der Waals surface area (Å²) in [4.78, 5) is 0. The van der Waals surface area contributed by atoms with Crippen molar-refractivity contribution in [3.63, 3.8) is 0 Å². The van der Waals surface area contributed by atoms with Crippen LogP contribution >= 0.6 is 0 Å². The van der Waals surface area contributed by atoms with Crippen LogP contribution in [0.3, 0.4) is 0 Å². The van der Waals surface area contributed by atoms with E-state index in [1.165, 1.54) is 0 Å². The molecular formula is C13H18O2. The van der Waals surface area contributed by atoms with Gasteiger partial charge in [-0.3, -0.25) is 0 Å². The van der Waals surface area contributed by atoms with E-state index in [2.05, 4.69) is 26.0 Å². The van der Waals surface area contributed by atoms with Crippen molar-refractivity contribution in [2.24, 2.45) is 0 Å². The maximum Gasteiger partial charge on any atom is 0.194 e. The standard InChI is InChI=1S/C13H18O2/c1-3-13(12-7-5-4-6-8-12)14-10-9-11(2)15-13/h4-8,11H,3,9-10H2,1-2H3/t11-,13+/m0/s1. The van der Waals surface area contributed by atoms with Gasteiger partial charge in [-0.15, -0.1) is 0 Å². The average Bonchev–Trinajstić information content (AvgIpc) is 2.30. The van der Waals surface area contributed by atoms with Crippen molar-refractivity contribution in [3.8, 4) is 0 Å². The third-order valence-electron chi connectivity index (χ3n) is 2.93. The molecule has 1 aliphatic rings. The lowest BCUT2D eigenvalue weighted by molar-refractivity contribution is -0.300. The Hall–Kier alpha value is -0.860. The fraction of sp³-hybridized carbons (Fsp3) is 0.538. The summed E-state index contributed by atoms with van der Waals surface area (Å²) in [6.45, 7) is 4.99. The molecule has 1 aromatic rings. The smallest absolute Gasteiger partial charge is 0.194 e. The molecule has 82 valence electrons. The topological polar surface area (TPSA) is 18.5 Å². The van der Waals surface area contributed by atoms with Crippen molar-refractivity contribution in [2.75, 3.05) is 6.61 Å². The van der Waals surface area contributed by atoms with Crippen LogP contribution in [0.5, 0.6) is 0 Å². The van der Waals surface area contributed by atoms with Crippen molar-refractivity contribution >= 4 is 0 Å². The van der Waals surface area contributed by atoms with Gasteiger partial charge in [-0.1, -0.05) is 37.3 Å². The van der Waals surface area contributed by atoms with Gasteiger partial charge in [0, 0.05) is 12.0 Å². The van der Waals surface area contributed by atoms with Gasteiger partial charge < -0.3 is 9.47 Å². The monoisotopic (exact) mass is 206 g/mol. The molecule has 0 amide bonds. The largest absolute Gasteiger partial charge is 0.346 e. The van der Waals surface area contributed by atoms with Crippen molar-refractivity contribution in [1.82, 2.24) is 0 Å². The molecule has 1 saturated heterocycles. The molecule has 2 atom stereocenters. The molecule has 0 spiro atoms. The molecule has 1 aliphatic heterocycles. The molecule has 0 radical (unpaired) electrons. The summed E-state index contributed by atoms with van der Waals surface area (Å²) in [7, 11) is 0. The first-order chi connectivity index (χ1) is 7.27. The minimum atomic E-state index is -0.515. The summed E-state index contributed by atoms with van der Waals surface area (Å²) in [6.07, 6.45) is 2.11. The van der Waals surface area contributed by atoms with E-state index in [0.29, 0.717) is 0 Å². The number of ether oxygens (including phenoxy) is 2. The van der Waals surface area contributed by atoms with E-state index < -0.39 is 5.79 Å². The van der Waals surface area contributed by atoms with E-state index in [0.717, 1.165) is 25.0 Å². The summed E-state index contributed by atoms with van der Waals surface area (Å²) in [6, 6.07) is 10.2. The molecular weight excluding hydrogens is 188 g/mol. The lowest BCUT2D eigenvalue weighted by atomic mass is 10.0. The molecule has 15 heavy (non-hydrogen) atoms. The Morgan fingerprint density at radius 1 is 1.33 bits per heavy atom. The summed E-state index contributed by atoms with van der Waals surface area (Å²) >= 11 is 0. The van der Waals surface area contributed by atoms with Gasteiger partial charge in [-0.2, -0.15) is 0 Å². The maximum atomic E-state index is 5.99. The highest BCUT2D eigenvalue weighted by molar-refractivity contribution is 5.20. The first-order valence-corrected chi connectivity index (χ1v) is 5.64. The SMILES string of the molecule is CC[C@@]1(c2ccccc2)OCC[C@H](C)O1. The first kappa shape index (κ1) is 10.7. The number of benzene rings is 1. The molecule has 0 saturated carbocycles. The molecule has 0 aromatic heterocycles. The van der Waals surface area contributed by atoms with Crippen LogP contribution in [0.25, 0.3) is 0 Å². The number of hydrogen-bond donors (Lipinski definition) is 0. The maximum absolute atomic E-state index is 5.99. The molecule has 1 heterocycles. The van der Waals surface area contributed by atoms with Gasteiger partial charge in [-0.25, -0.2) is 0 Å². The second-order valence-electron chi connectivity index (χ2n) is 4.04. The molecule has 0 unspecified atom stereocenters. The van der Waals surface area contributed by atoms with Gasteiger partial charge in [-0.05, 0) is 13.3 Å². The number of rotatable bonds is 2. The van der Waals surface area contributed by atoms with E-state index in [-0.39, 0.29) is 6.10 Å². The summed E-state index contributed by atoms with van der Waals surface area (Å²) in [5.74, 6) is -0.515. The molecule has 2 rings (SSSR count). The Labute approximate surface area is 91.2 Å². The van der Waals surface area contributed by atoms with Crippen molar-refractivity contribution in [1.29, 1.82) is 0 Å². The van der Waals surface area contributed by atoms with E-state index in [1.807, 2.05) is 18.2 Å². The van der Waals surface area contributed by atoms with Crippen molar-refractivity contribution in [2.45, 2.75) is 38.6 Å². The van der Waals surface area contributed by atoms with E-state index in [4.69, 9.17) is 9.47 Å². The molecule has 2 nitrogen and oxygen atoms in total. The summed E-state index contributed by atoms with van der Waals surface area (Å²) in [5.41, 5.74) is 1.12. The minimum Gasteiger partial charge on any atom is -0.346 e. The molecule has 0 aliphatic carbocycles. The third-order valence-corrected chi connectivity index (χ3v) is 2.93. The molecule has 1 aromatic carbocycles. The van der Waals surface area contributed by atoms with Crippen LogP contribution in [-0.2, 0) is 15.3 Å². The second kappa shape index (κ2) is 4.33. The highest BCUT2D eigenvalue weighted by Gasteiger charge is 2.37. The Morgan fingerprint density at radius 3 is 2.67 bits per heavy atom. The molecule has 0 N–H and O–H groups in total. The van der Waals surface area contributed by atoms with Crippen LogP contribution in [-0.4, -0.2) is 12.7 Å². The van der Waals surface area contributed by atoms with E-state index in [9.17, 15) is 0 Å². The first-order valence-electron chi connectivity index (χ1n) is 5.64. The predicted octanol–water partition coefficient (Wildman–Crippen LogP) is 3.07. The quantitative estimate of drug-likeness (QED) is 0.740. The Morgan fingerprint density at radius 2 is 2.07 bits per heavy atom. The van der Waals surface area contributed by atoms with E-state index >= 15 is 0 Å². The van der Waals surface area contributed by atoms with Gasteiger partial charge in [0.2, 0.25) is 0 Å². The van der Waals surface area contributed by atoms with Crippen LogP contribution in [0.4, 0.5) is 0 Å². The average molecular weight is 206 g/mol. The Bertz CT molecular complexity index is 310. The van der Waals surface area contributed by atoms with Crippen LogP contribution < -0.4 is 0 Å². The lowest BCUT2D eigenvalue weighted by Gasteiger charge is -2.40. The zero-order chi connectivity index (χ0) is 10.7. The van der Waals surface area contributed by atoms with Gasteiger partial charge in [0.25, 0.3) is 0 Å². The zero-order valence-electron chi connectivity index (χ0n) is 9.40. The second-order valence-corrected chi connectivity index (χ2v) is 4.04.